The number of halogens is 4. The lowest BCUT2D eigenvalue weighted by atomic mass is 10.00. The van der Waals surface area contributed by atoms with Crippen molar-refractivity contribution in [2.24, 2.45) is 0 Å². The van der Waals surface area contributed by atoms with Crippen LogP contribution >= 0.6 is 0 Å². The van der Waals surface area contributed by atoms with Crippen LogP contribution in [0.2, 0.25) is 0 Å². The minimum atomic E-state index is -5.04. The molecule has 2 N–H and O–H groups in total. The molecule has 0 spiro atoms. The Bertz CT molecular complexity index is 1410. The molecule has 9 heteroatoms. The van der Waals surface area contributed by atoms with Crippen molar-refractivity contribution in [3.63, 3.8) is 0 Å². The maximum Gasteiger partial charge on any atom is 0.573 e. The molecule has 4 rings (SSSR count). The van der Waals surface area contributed by atoms with Gasteiger partial charge in [-0.25, -0.2) is 4.39 Å². The van der Waals surface area contributed by atoms with Crippen LogP contribution in [0.25, 0.3) is 22.0 Å². The number of aromatic nitrogens is 1. The van der Waals surface area contributed by atoms with Crippen LogP contribution in [0.3, 0.4) is 0 Å². The molecule has 5 nitrogen and oxygen atoms in total. The first-order chi connectivity index (χ1) is 16.7. The van der Waals surface area contributed by atoms with E-state index in [0.717, 1.165) is 28.6 Å². The summed E-state index contributed by atoms with van der Waals surface area (Å²) in [4.78, 5) is 16.2. The molecule has 4 aromatic rings. The average molecular weight is 481 g/mol. The summed E-state index contributed by atoms with van der Waals surface area (Å²) in [7, 11) is 0. The van der Waals surface area contributed by atoms with Gasteiger partial charge in [0, 0.05) is 28.7 Å². The number of nitrogens with zero attached hydrogens (tertiary/aromatic N) is 1. The average Bonchev–Trinajstić information content (AvgIpc) is 3.22. The van der Waals surface area contributed by atoms with Gasteiger partial charge < -0.3 is 15.0 Å². The number of carbonyl (C=O) groups excluding carboxylic acids is 1. The third-order valence-electron chi connectivity index (χ3n) is 5.45. The predicted molar refractivity (Wildman–Crippen MR) is 122 cm³/mol. The number of aromatic amines is 1. The number of H-pyrrole nitrogens is 1. The zero-order valence-electron chi connectivity index (χ0n) is 18.2. The number of rotatable bonds is 7. The normalized spacial score (nSPS) is 12.2. The highest BCUT2D eigenvalue weighted by atomic mass is 19.4. The fourth-order valence-electron chi connectivity index (χ4n) is 3.90. The highest BCUT2D eigenvalue weighted by Gasteiger charge is 2.33. The molecule has 0 saturated heterocycles. The maximum atomic E-state index is 14.3. The van der Waals surface area contributed by atoms with Crippen molar-refractivity contribution in [3.05, 3.63) is 89.9 Å². The lowest BCUT2D eigenvalue weighted by Crippen LogP contribution is -2.36. The van der Waals surface area contributed by atoms with Crippen LogP contribution in [0, 0.1) is 17.1 Å². The topological polar surface area (TPSA) is 77.9 Å². The number of amides is 1. The van der Waals surface area contributed by atoms with Crippen LogP contribution in [-0.4, -0.2) is 23.3 Å². The summed E-state index contributed by atoms with van der Waals surface area (Å²) >= 11 is 0. The van der Waals surface area contributed by atoms with Gasteiger partial charge in [0.1, 0.15) is 11.6 Å². The van der Waals surface area contributed by atoms with Crippen molar-refractivity contribution < 1.29 is 27.1 Å². The van der Waals surface area contributed by atoms with Crippen molar-refractivity contribution >= 4 is 16.8 Å². The van der Waals surface area contributed by atoms with E-state index in [1.54, 1.807) is 12.3 Å². The van der Waals surface area contributed by atoms with E-state index < -0.39 is 35.4 Å². The van der Waals surface area contributed by atoms with E-state index in [2.05, 4.69) is 15.0 Å². The molecule has 35 heavy (non-hydrogen) atoms. The van der Waals surface area contributed by atoms with Gasteiger partial charge in [-0.05, 0) is 41.8 Å². The van der Waals surface area contributed by atoms with E-state index in [9.17, 15) is 27.6 Å². The number of nitriles is 1. The smallest absolute Gasteiger partial charge is 0.405 e. The highest BCUT2D eigenvalue weighted by molar-refractivity contribution is 5.98. The molecular weight excluding hydrogens is 462 g/mol. The minimum absolute atomic E-state index is 0.0757. The second-order valence-electron chi connectivity index (χ2n) is 7.83. The Kier molecular flexibility index (Phi) is 6.73. The predicted octanol–water partition coefficient (Wildman–Crippen LogP) is 6.13. The van der Waals surface area contributed by atoms with E-state index >= 15 is 0 Å². The second-order valence-corrected chi connectivity index (χ2v) is 7.83. The molecule has 1 unspecified atom stereocenters. The van der Waals surface area contributed by atoms with Crippen molar-refractivity contribution in [1.82, 2.24) is 10.3 Å². The molecular formula is C26H19F4N3O2. The van der Waals surface area contributed by atoms with Crippen LogP contribution in [0.15, 0.2) is 72.9 Å². The molecule has 0 fully saturated rings. The van der Waals surface area contributed by atoms with Crippen LogP contribution in [0.1, 0.15) is 22.3 Å². The zero-order valence-corrected chi connectivity index (χ0v) is 18.2. The lowest BCUT2D eigenvalue weighted by Gasteiger charge is -2.19. The molecule has 0 radical (unpaired) electrons. The van der Waals surface area contributed by atoms with Crippen molar-refractivity contribution in [1.29, 1.82) is 5.26 Å². The Morgan fingerprint density at radius 1 is 1.09 bits per heavy atom. The number of para-hydroxylation sites is 1. The Labute approximate surface area is 198 Å². The summed E-state index contributed by atoms with van der Waals surface area (Å²) in [6.45, 7) is 0. The maximum absolute atomic E-state index is 14.3. The van der Waals surface area contributed by atoms with Crippen LogP contribution in [0.4, 0.5) is 17.6 Å². The summed E-state index contributed by atoms with van der Waals surface area (Å²) in [5.41, 5.74) is 1.62. The van der Waals surface area contributed by atoms with E-state index in [1.165, 1.54) is 24.3 Å². The van der Waals surface area contributed by atoms with Gasteiger partial charge in [-0.1, -0.05) is 42.5 Å². The van der Waals surface area contributed by atoms with Crippen molar-refractivity contribution in [2.75, 3.05) is 0 Å². The van der Waals surface area contributed by atoms with Crippen molar-refractivity contribution in [2.45, 2.75) is 25.2 Å². The summed E-state index contributed by atoms with van der Waals surface area (Å²) in [5, 5.41) is 12.8. The van der Waals surface area contributed by atoms with Gasteiger partial charge in [-0.15, -0.1) is 13.2 Å². The largest absolute Gasteiger partial charge is 0.573 e. The lowest BCUT2D eigenvalue weighted by molar-refractivity contribution is -0.274. The third kappa shape index (κ3) is 5.61. The molecule has 0 aliphatic rings. The van der Waals surface area contributed by atoms with Gasteiger partial charge in [0.25, 0.3) is 5.91 Å². The fourth-order valence-corrected chi connectivity index (χ4v) is 3.90. The summed E-state index contributed by atoms with van der Waals surface area (Å²) in [6, 6.07) is 17.9. The second kappa shape index (κ2) is 9.89. The minimum Gasteiger partial charge on any atom is -0.405 e. The van der Waals surface area contributed by atoms with Gasteiger partial charge in [0.15, 0.2) is 0 Å². The van der Waals surface area contributed by atoms with Gasteiger partial charge >= 0.3 is 6.36 Å². The summed E-state index contributed by atoms with van der Waals surface area (Å²) < 4.78 is 57.3. The van der Waals surface area contributed by atoms with E-state index in [0.29, 0.717) is 0 Å². The first-order valence-corrected chi connectivity index (χ1v) is 10.6. The van der Waals surface area contributed by atoms with Crippen molar-refractivity contribution in [3.8, 4) is 22.9 Å². The standard InChI is InChI=1S/C26H19F4N3O2/c27-22-7-3-1-5-19(22)16-9-10-24(35-26(28,29)30)21(14-16)25(34)33-18(11-12-31)13-17-15-32-23-8-4-2-6-20(17)23/h1-10,14-15,18,32H,11,13H2,(H,33,34). The molecule has 1 atom stereocenters. The zero-order chi connectivity index (χ0) is 25.0. The molecule has 0 saturated carbocycles. The molecule has 0 aliphatic carbocycles. The fraction of sp³-hybridized carbons (Fsp3) is 0.154. The van der Waals surface area contributed by atoms with E-state index in [1.807, 2.05) is 30.3 Å². The number of hydrogen-bond donors (Lipinski definition) is 2. The van der Waals surface area contributed by atoms with Crippen LogP contribution in [0.5, 0.6) is 5.75 Å². The molecule has 1 aromatic heterocycles. The molecule has 3 aromatic carbocycles. The number of fused-ring (bicyclic) bond motifs is 1. The van der Waals surface area contributed by atoms with Gasteiger partial charge in [0.05, 0.1) is 18.1 Å². The number of nitrogens with one attached hydrogen (secondary N) is 2. The first-order valence-electron chi connectivity index (χ1n) is 10.6. The Hall–Kier alpha value is -4.32. The number of carbonyl (C=O) groups is 1. The molecule has 178 valence electrons. The van der Waals surface area contributed by atoms with Crippen LogP contribution in [-0.2, 0) is 6.42 Å². The van der Waals surface area contributed by atoms with Gasteiger partial charge in [-0.2, -0.15) is 5.26 Å². The third-order valence-corrected chi connectivity index (χ3v) is 5.45. The SMILES string of the molecule is N#CCC(Cc1c[nH]c2ccccc12)NC(=O)c1cc(-c2ccccc2F)ccc1OC(F)(F)F. The summed E-state index contributed by atoms with van der Waals surface area (Å²) in [6.07, 6.45) is -3.08. The molecule has 0 aliphatic heterocycles. The van der Waals surface area contributed by atoms with Gasteiger partial charge in [0.2, 0.25) is 0 Å². The number of benzene rings is 3. The number of hydrogen-bond acceptors (Lipinski definition) is 3. The van der Waals surface area contributed by atoms with Gasteiger partial charge in [-0.3, -0.25) is 4.79 Å². The first kappa shape index (κ1) is 23.8. The molecule has 0 bridgehead atoms. The van der Waals surface area contributed by atoms with E-state index in [4.69, 9.17) is 0 Å². The van der Waals surface area contributed by atoms with E-state index in [-0.39, 0.29) is 24.0 Å². The highest BCUT2D eigenvalue weighted by Crippen LogP contribution is 2.32. The number of alkyl halides is 3. The quantitative estimate of drug-likeness (QED) is 0.312. The Balaban J connectivity index is 1.66. The van der Waals surface area contributed by atoms with Crippen LogP contribution < -0.4 is 10.1 Å². The Morgan fingerprint density at radius 2 is 1.83 bits per heavy atom. The number of ether oxygens (including phenoxy) is 1. The molecule has 1 heterocycles. The summed E-state index contributed by atoms with van der Waals surface area (Å²) in [5.74, 6) is -2.19. The monoisotopic (exact) mass is 481 g/mol. The Morgan fingerprint density at radius 3 is 2.57 bits per heavy atom. The molecule has 1 amide bonds.